The Kier molecular flexibility index (Phi) is 7.79. The number of fused-ring (bicyclic) bond motifs is 1. The Bertz CT molecular complexity index is 1510. The molecule has 0 spiro atoms. The Morgan fingerprint density at radius 1 is 1.05 bits per heavy atom. The maximum absolute atomic E-state index is 12.8. The molecule has 1 aliphatic heterocycles. The zero-order valence-electron chi connectivity index (χ0n) is 22.0. The highest BCUT2D eigenvalue weighted by molar-refractivity contribution is 5.80. The molecule has 0 amide bonds. The zero-order chi connectivity index (χ0) is 27.4. The molecule has 202 valence electrons. The Morgan fingerprint density at radius 2 is 1.82 bits per heavy atom. The summed E-state index contributed by atoms with van der Waals surface area (Å²) in [5, 5.41) is 11.6. The number of esters is 1. The first-order valence-corrected chi connectivity index (χ1v) is 12.8. The summed E-state index contributed by atoms with van der Waals surface area (Å²) in [5.41, 5.74) is 2.10. The zero-order valence-corrected chi connectivity index (χ0v) is 22.0. The highest BCUT2D eigenvalue weighted by Gasteiger charge is 2.27. The average molecular weight is 530 g/mol. The molecule has 4 aromatic rings. The summed E-state index contributed by atoms with van der Waals surface area (Å²) in [4.78, 5) is 34.0. The van der Waals surface area contributed by atoms with Crippen LogP contribution in [0.2, 0.25) is 0 Å². The van der Waals surface area contributed by atoms with Crippen LogP contribution in [0.5, 0.6) is 11.5 Å². The number of hydrogen-bond donors (Lipinski definition) is 1. The van der Waals surface area contributed by atoms with Crippen molar-refractivity contribution in [2.75, 3.05) is 45.3 Å². The number of hydrogen-bond acceptors (Lipinski definition) is 9. The first-order valence-electron chi connectivity index (χ1n) is 12.8. The average Bonchev–Trinajstić information content (AvgIpc) is 2.98. The monoisotopic (exact) mass is 529 g/mol. The van der Waals surface area contributed by atoms with Crippen LogP contribution in [0.15, 0.2) is 76.1 Å². The summed E-state index contributed by atoms with van der Waals surface area (Å²) in [6, 6.07) is 18.6. The summed E-state index contributed by atoms with van der Waals surface area (Å²) < 4.78 is 16.3. The van der Waals surface area contributed by atoms with Gasteiger partial charge in [0.15, 0.2) is 5.76 Å². The fraction of sp³-hybridized carbons (Fsp3) is 0.300. The van der Waals surface area contributed by atoms with Crippen LogP contribution in [0.4, 0.5) is 5.69 Å². The molecule has 0 unspecified atom stereocenters. The van der Waals surface area contributed by atoms with E-state index in [0.717, 1.165) is 48.5 Å². The molecule has 1 fully saturated rings. The lowest BCUT2D eigenvalue weighted by atomic mass is 9.91. The largest absolute Gasteiger partial charge is 0.502 e. The number of anilines is 1. The highest BCUT2D eigenvalue weighted by atomic mass is 16.5. The maximum Gasteiger partial charge on any atom is 0.306 e. The SMILES string of the molecule is COC(=O)C[C@@H](c1ccc2ncccc2c1)c1oc(CN2CCN(c3ccc(OC)cc3)CC2)cc(=O)c1O. The summed E-state index contributed by atoms with van der Waals surface area (Å²) in [7, 11) is 2.96. The van der Waals surface area contributed by atoms with Crippen molar-refractivity contribution in [1.82, 2.24) is 9.88 Å². The van der Waals surface area contributed by atoms with E-state index in [1.165, 1.54) is 13.2 Å². The molecule has 2 aromatic carbocycles. The quantitative estimate of drug-likeness (QED) is 0.340. The van der Waals surface area contributed by atoms with Gasteiger partial charge in [0.25, 0.3) is 0 Å². The lowest BCUT2D eigenvalue weighted by Gasteiger charge is -2.36. The van der Waals surface area contributed by atoms with Crippen LogP contribution < -0.4 is 15.1 Å². The second-order valence-corrected chi connectivity index (χ2v) is 9.54. The van der Waals surface area contributed by atoms with Crippen LogP contribution in [-0.2, 0) is 16.1 Å². The van der Waals surface area contributed by atoms with Gasteiger partial charge in [-0.2, -0.15) is 0 Å². The van der Waals surface area contributed by atoms with E-state index >= 15 is 0 Å². The number of piperazine rings is 1. The van der Waals surface area contributed by atoms with Gasteiger partial charge in [0.1, 0.15) is 11.5 Å². The predicted molar refractivity (Wildman–Crippen MR) is 147 cm³/mol. The molecule has 1 saturated heterocycles. The molecule has 1 N–H and O–H groups in total. The fourth-order valence-corrected chi connectivity index (χ4v) is 4.97. The molecule has 9 nitrogen and oxygen atoms in total. The molecule has 9 heteroatoms. The van der Waals surface area contributed by atoms with Gasteiger partial charge in [0, 0.05) is 49.5 Å². The third-order valence-corrected chi connectivity index (χ3v) is 7.13. The molecule has 5 rings (SSSR count). The number of nitrogens with zero attached hydrogens (tertiary/aromatic N) is 3. The number of methoxy groups -OCH3 is 2. The number of benzene rings is 2. The van der Waals surface area contributed by atoms with Gasteiger partial charge in [-0.3, -0.25) is 19.5 Å². The van der Waals surface area contributed by atoms with E-state index < -0.39 is 23.1 Å². The molecule has 2 aromatic heterocycles. The minimum absolute atomic E-state index is 0.0583. The number of carbonyl (C=O) groups excluding carboxylic acids is 1. The van der Waals surface area contributed by atoms with Crippen LogP contribution >= 0.6 is 0 Å². The van der Waals surface area contributed by atoms with Crippen molar-refractivity contribution in [1.29, 1.82) is 0 Å². The maximum atomic E-state index is 12.8. The number of carbonyl (C=O) groups is 1. The second-order valence-electron chi connectivity index (χ2n) is 9.54. The van der Waals surface area contributed by atoms with E-state index in [2.05, 4.69) is 14.8 Å². The van der Waals surface area contributed by atoms with Crippen LogP contribution in [0.25, 0.3) is 10.9 Å². The molecule has 0 saturated carbocycles. The van der Waals surface area contributed by atoms with Crippen LogP contribution in [0.3, 0.4) is 0 Å². The topological polar surface area (TPSA) is 105 Å². The van der Waals surface area contributed by atoms with E-state index in [1.807, 2.05) is 54.6 Å². The molecule has 0 bridgehead atoms. The van der Waals surface area contributed by atoms with Gasteiger partial charge in [0.2, 0.25) is 11.2 Å². The number of aromatic nitrogens is 1. The first kappa shape index (κ1) is 26.2. The van der Waals surface area contributed by atoms with Crippen LogP contribution in [0.1, 0.15) is 29.4 Å². The minimum atomic E-state index is -0.707. The lowest BCUT2D eigenvalue weighted by Crippen LogP contribution is -2.46. The Labute approximate surface area is 226 Å². The van der Waals surface area contributed by atoms with Crippen molar-refractivity contribution < 1.29 is 23.8 Å². The van der Waals surface area contributed by atoms with Gasteiger partial charge in [-0.15, -0.1) is 0 Å². The Balaban J connectivity index is 1.38. The minimum Gasteiger partial charge on any atom is -0.502 e. The number of rotatable bonds is 8. The van der Waals surface area contributed by atoms with Crippen LogP contribution in [-0.4, -0.2) is 61.4 Å². The summed E-state index contributed by atoms with van der Waals surface area (Å²) in [5.74, 6) is -0.370. The molecular formula is C30H31N3O6. The first-order chi connectivity index (χ1) is 18.9. The lowest BCUT2D eigenvalue weighted by molar-refractivity contribution is -0.140. The molecule has 0 radical (unpaired) electrons. The number of ether oxygens (including phenoxy) is 2. The van der Waals surface area contributed by atoms with Crippen molar-refractivity contribution in [2.45, 2.75) is 18.9 Å². The third kappa shape index (κ3) is 5.88. The summed E-state index contributed by atoms with van der Waals surface area (Å²) in [6.45, 7) is 3.59. The second kappa shape index (κ2) is 11.6. The van der Waals surface area contributed by atoms with E-state index in [0.29, 0.717) is 17.9 Å². The molecule has 1 atom stereocenters. The van der Waals surface area contributed by atoms with Crippen molar-refractivity contribution in [2.24, 2.45) is 0 Å². The molecule has 39 heavy (non-hydrogen) atoms. The van der Waals surface area contributed by atoms with Gasteiger partial charge in [-0.05, 0) is 48.0 Å². The molecule has 0 aliphatic carbocycles. The van der Waals surface area contributed by atoms with Crippen molar-refractivity contribution >= 4 is 22.6 Å². The fourth-order valence-electron chi connectivity index (χ4n) is 4.97. The Morgan fingerprint density at radius 3 is 2.54 bits per heavy atom. The highest BCUT2D eigenvalue weighted by Crippen LogP contribution is 2.35. The molecule has 3 heterocycles. The van der Waals surface area contributed by atoms with Gasteiger partial charge in [-0.25, -0.2) is 0 Å². The van der Waals surface area contributed by atoms with E-state index in [-0.39, 0.29) is 12.2 Å². The van der Waals surface area contributed by atoms with Gasteiger partial charge >= 0.3 is 5.97 Å². The van der Waals surface area contributed by atoms with Crippen molar-refractivity contribution in [3.05, 3.63) is 94.2 Å². The van der Waals surface area contributed by atoms with E-state index in [9.17, 15) is 14.7 Å². The van der Waals surface area contributed by atoms with Gasteiger partial charge in [-0.1, -0.05) is 12.1 Å². The van der Waals surface area contributed by atoms with Crippen molar-refractivity contribution in [3.8, 4) is 11.5 Å². The Hall–Kier alpha value is -4.37. The smallest absolute Gasteiger partial charge is 0.306 e. The normalized spacial score (nSPS) is 14.8. The van der Waals surface area contributed by atoms with Crippen LogP contribution in [0, 0.1) is 0 Å². The van der Waals surface area contributed by atoms with Crippen molar-refractivity contribution in [3.63, 3.8) is 0 Å². The standard InChI is InChI=1S/C30H31N3O6/c1-37-23-8-6-22(7-9-23)33-14-12-32(13-15-33)19-24-17-27(34)29(36)30(39-24)25(18-28(35)38-2)20-5-10-26-21(16-20)4-3-11-31-26/h3-11,16-17,25,36H,12-15,18-19H2,1-2H3/t25-/m0/s1. The van der Waals surface area contributed by atoms with E-state index in [1.54, 1.807) is 13.3 Å². The number of aromatic hydroxyl groups is 1. The third-order valence-electron chi connectivity index (χ3n) is 7.13. The number of pyridine rings is 1. The molecule has 1 aliphatic rings. The summed E-state index contributed by atoms with van der Waals surface area (Å²) in [6.07, 6.45) is 1.61. The van der Waals surface area contributed by atoms with Gasteiger partial charge < -0.3 is 23.9 Å². The van der Waals surface area contributed by atoms with Gasteiger partial charge in [0.05, 0.1) is 38.6 Å². The van der Waals surface area contributed by atoms with E-state index in [4.69, 9.17) is 13.9 Å². The predicted octanol–water partition coefficient (Wildman–Crippen LogP) is 3.92. The molecular weight excluding hydrogens is 498 g/mol. The summed E-state index contributed by atoms with van der Waals surface area (Å²) >= 11 is 0.